The molecule has 0 bridgehead atoms. The maximum atomic E-state index is 13.1. The number of nitrogens with zero attached hydrogens (tertiary/aromatic N) is 3. The number of benzene rings is 2. The molecule has 9 heteroatoms. The van der Waals surface area contributed by atoms with Crippen molar-refractivity contribution in [3.63, 3.8) is 0 Å². The van der Waals surface area contributed by atoms with Crippen LogP contribution in [-0.2, 0) is 0 Å². The lowest BCUT2D eigenvalue weighted by Gasteiger charge is -2.13. The maximum Gasteiger partial charge on any atom is 0.323 e. The van der Waals surface area contributed by atoms with Crippen LogP contribution >= 0.6 is 0 Å². The first-order valence-electron chi connectivity index (χ1n) is 8.63. The van der Waals surface area contributed by atoms with Crippen LogP contribution in [-0.4, -0.2) is 30.6 Å². The largest absolute Gasteiger partial charge is 0.343 e. The molecule has 1 amide bonds. The van der Waals surface area contributed by atoms with Gasteiger partial charge in [0.15, 0.2) is 0 Å². The molecule has 1 unspecified atom stereocenters. The van der Waals surface area contributed by atoms with Gasteiger partial charge in [0.25, 0.3) is 5.91 Å². The second kappa shape index (κ2) is 6.76. The number of rotatable bonds is 4. The molecule has 0 fully saturated rings. The lowest BCUT2D eigenvalue weighted by atomic mass is 10.1. The standard InChI is InChI=1S/C19H17FN6O2/c1-10(12-3-8-15-16(9-12)24-19(28)23-15)21-18(27)17-22-11(2)26(25-17)14-6-4-13(20)5-7-14/h3-10H,1-2H3,(H,21,27)(H2,23,24,28). The fourth-order valence-corrected chi connectivity index (χ4v) is 2.98. The topological polar surface area (TPSA) is 108 Å². The number of hydrogen-bond donors (Lipinski definition) is 3. The molecule has 4 aromatic rings. The van der Waals surface area contributed by atoms with E-state index in [1.807, 2.05) is 13.0 Å². The van der Waals surface area contributed by atoms with Gasteiger partial charge in [-0.25, -0.2) is 18.9 Å². The third-order valence-electron chi connectivity index (χ3n) is 4.43. The summed E-state index contributed by atoms with van der Waals surface area (Å²) in [4.78, 5) is 33.5. The monoisotopic (exact) mass is 380 g/mol. The van der Waals surface area contributed by atoms with Gasteiger partial charge in [0.2, 0.25) is 5.82 Å². The number of aryl methyl sites for hydroxylation is 1. The molecule has 8 nitrogen and oxygen atoms in total. The van der Waals surface area contributed by atoms with E-state index in [1.54, 1.807) is 31.2 Å². The second-order valence-corrected chi connectivity index (χ2v) is 6.45. The Bertz CT molecular complexity index is 1220. The Morgan fingerprint density at radius 1 is 1.14 bits per heavy atom. The third kappa shape index (κ3) is 3.29. The lowest BCUT2D eigenvalue weighted by Crippen LogP contribution is -2.27. The van der Waals surface area contributed by atoms with E-state index < -0.39 is 5.91 Å². The first-order chi connectivity index (χ1) is 13.4. The molecule has 4 rings (SSSR count). The highest BCUT2D eigenvalue weighted by atomic mass is 19.1. The number of fused-ring (bicyclic) bond motifs is 1. The van der Waals surface area contributed by atoms with Crippen LogP contribution in [0.1, 0.15) is 35.0 Å². The van der Waals surface area contributed by atoms with Crippen LogP contribution in [0.25, 0.3) is 16.7 Å². The average molecular weight is 380 g/mol. The summed E-state index contributed by atoms with van der Waals surface area (Å²) in [6, 6.07) is 10.8. The number of aromatic amines is 2. The van der Waals surface area contributed by atoms with E-state index in [0.717, 1.165) is 5.56 Å². The highest BCUT2D eigenvalue weighted by Gasteiger charge is 2.18. The molecule has 142 valence electrons. The molecular weight excluding hydrogens is 363 g/mol. The first-order valence-corrected chi connectivity index (χ1v) is 8.63. The molecule has 3 N–H and O–H groups in total. The van der Waals surface area contributed by atoms with E-state index in [1.165, 1.54) is 16.8 Å². The second-order valence-electron chi connectivity index (χ2n) is 6.45. The molecule has 0 radical (unpaired) electrons. The summed E-state index contributed by atoms with van der Waals surface area (Å²) in [5, 5.41) is 7.07. The zero-order valence-electron chi connectivity index (χ0n) is 15.2. The molecule has 0 saturated heterocycles. The van der Waals surface area contributed by atoms with Gasteiger partial charge in [-0.3, -0.25) is 4.79 Å². The van der Waals surface area contributed by atoms with Gasteiger partial charge in [0.1, 0.15) is 11.6 Å². The Balaban J connectivity index is 1.54. The highest BCUT2D eigenvalue weighted by molar-refractivity contribution is 5.90. The van der Waals surface area contributed by atoms with Crippen LogP contribution in [0.3, 0.4) is 0 Å². The van der Waals surface area contributed by atoms with Crippen molar-refractivity contribution < 1.29 is 9.18 Å². The third-order valence-corrected chi connectivity index (χ3v) is 4.43. The molecule has 0 spiro atoms. The lowest BCUT2D eigenvalue weighted by molar-refractivity contribution is 0.0929. The van der Waals surface area contributed by atoms with Crippen molar-refractivity contribution in [2.45, 2.75) is 19.9 Å². The minimum absolute atomic E-state index is 0.0183. The van der Waals surface area contributed by atoms with E-state index in [0.29, 0.717) is 22.5 Å². The fourth-order valence-electron chi connectivity index (χ4n) is 2.98. The van der Waals surface area contributed by atoms with Gasteiger partial charge in [-0.1, -0.05) is 6.07 Å². The quantitative estimate of drug-likeness (QED) is 0.505. The highest BCUT2D eigenvalue weighted by Crippen LogP contribution is 2.18. The predicted octanol–water partition coefficient (Wildman–Crippen LogP) is 2.38. The van der Waals surface area contributed by atoms with Gasteiger partial charge >= 0.3 is 5.69 Å². The first kappa shape index (κ1) is 17.7. The Hall–Kier alpha value is -3.75. The number of imidazole rings is 1. The van der Waals surface area contributed by atoms with Crippen molar-refractivity contribution in [1.82, 2.24) is 30.0 Å². The molecule has 2 heterocycles. The molecule has 2 aromatic carbocycles. The van der Waals surface area contributed by atoms with E-state index in [-0.39, 0.29) is 23.4 Å². The minimum atomic E-state index is -0.431. The SMILES string of the molecule is Cc1nc(C(=O)NC(C)c2ccc3[nH]c(=O)[nH]c3c2)nn1-c1ccc(F)cc1. The molecule has 0 aliphatic carbocycles. The number of hydrogen-bond acceptors (Lipinski definition) is 4. The number of halogens is 1. The van der Waals surface area contributed by atoms with Gasteiger partial charge in [0, 0.05) is 0 Å². The number of nitrogens with one attached hydrogen (secondary N) is 3. The summed E-state index contributed by atoms with van der Waals surface area (Å²) >= 11 is 0. The van der Waals surface area contributed by atoms with Crippen molar-refractivity contribution in [2.75, 3.05) is 0 Å². The number of H-pyrrole nitrogens is 2. The summed E-state index contributed by atoms with van der Waals surface area (Å²) in [6.45, 7) is 3.54. The van der Waals surface area contributed by atoms with E-state index >= 15 is 0 Å². The van der Waals surface area contributed by atoms with Crippen molar-refractivity contribution in [3.8, 4) is 5.69 Å². The van der Waals surface area contributed by atoms with Crippen LogP contribution in [0.5, 0.6) is 0 Å². The average Bonchev–Trinajstić information content (AvgIpc) is 3.23. The molecule has 0 saturated carbocycles. The van der Waals surface area contributed by atoms with Gasteiger partial charge in [-0.05, 0) is 55.8 Å². The summed E-state index contributed by atoms with van der Waals surface area (Å²) in [5.41, 5.74) is 2.52. The zero-order valence-corrected chi connectivity index (χ0v) is 15.2. The zero-order chi connectivity index (χ0) is 19.8. The smallest absolute Gasteiger partial charge is 0.323 e. The van der Waals surface area contributed by atoms with E-state index in [4.69, 9.17) is 0 Å². The number of carbonyl (C=O) groups is 1. The summed E-state index contributed by atoms with van der Waals surface area (Å²) in [6.07, 6.45) is 0. The normalized spacial score (nSPS) is 12.2. The maximum absolute atomic E-state index is 13.1. The van der Waals surface area contributed by atoms with Gasteiger partial charge < -0.3 is 15.3 Å². The number of amides is 1. The van der Waals surface area contributed by atoms with E-state index in [9.17, 15) is 14.0 Å². The van der Waals surface area contributed by atoms with Crippen molar-refractivity contribution in [2.24, 2.45) is 0 Å². The Labute approximate surface area is 158 Å². The minimum Gasteiger partial charge on any atom is -0.343 e. The van der Waals surface area contributed by atoms with Crippen molar-refractivity contribution in [3.05, 3.63) is 76.0 Å². The number of aromatic nitrogens is 5. The number of carbonyl (C=O) groups excluding carboxylic acids is 1. The van der Waals surface area contributed by atoms with Gasteiger partial charge in [-0.15, -0.1) is 5.10 Å². The van der Waals surface area contributed by atoms with Crippen molar-refractivity contribution in [1.29, 1.82) is 0 Å². The molecule has 1 atom stereocenters. The van der Waals surface area contributed by atoms with Gasteiger partial charge in [0.05, 0.1) is 22.8 Å². The van der Waals surface area contributed by atoms with E-state index in [2.05, 4.69) is 25.4 Å². The Morgan fingerprint density at radius 2 is 1.86 bits per heavy atom. The molecular formula is C19H17FN6O2. The van der Waals surface area contributed by atoms with Crippen LogP contribution < -0.4 is 11.0 Å². The predicted molar refractivity (Wildman–Crippen MR) is 101 cm³/mol. The summed E-state index contributed by atoms with van der Waals surface area (Å²) in [7, 11) is 0. The van der Waals surface area contributed by atoms with Gasteiger partial charge in [-0.2, -0.15) is 0 Å². The molecule has 0 aliphatic rings. The molecule has 0 aliphatic heterocycles. The molecule has 2 aromatic heterocycles. The summed E-state index contributed by atoms with van der Waals surface area (Å²) in [5.74, 6) is -0.256. The Morgan fingerprint density at radius 3 is 2.61 bits per heavy atom. The fraction of sp³-hybridized carbons (Fsp3) is 0.158. The summed E-state index contributed by atoms with van der Waals surface area (Å²) < 4.78 is 14.6. The van der Waals surface area contributed by atoms with Crippen LogP contribution in [0, 0.1) is 12.7 Å². The Kier molecular flexibility index (Phi) is 4.26. The van der Waals surface area contributed by atoms with Crippen LogP contribution in [0.2, 0.25) is 0 Å². The molecule has 28 heavy (non-hydrogen) atoms. The van der Waals surface area contributed by atoms with Crippen molar-refractivity contribution >= 4 is 16.9 Å². The van der Waals surface area contributed by atoms with Crippen LogP contribution in [0.4, 0.5) is 4.39 Å². The van der Waals surface area contributed by atoms with Crippen LogP contribution in [0.15, 0.2) is 47.3 Å².